The van der Waals surface area contributed by atoms with E-state index in [-0.39, 0.29) is 11.8 Å². The Kier molecular flexibility index (Phi) is 5.74. The van der Waals surface area contributed by atoms with E-state index >= 15 is 0 Å². The number of halogens is 1. The highest BCUT2D eigenvalue weighted by atomic mass is 127. The van der Waals surface area contributed by atoms with Crippen molar-refractivity contribution in [2.75, 3.05) is 11.5 Å². The van der Waals surface area contributed by atoms with E-state index in [2.05, 4.69) is 40.8 Å². The summed E-state index contributed by atoms with van der Waals surface area (Å²) < 4.78 is 1.08. The van der Waals surface area contributed by atoms with Crippen molar-refractivity contribution in [2.45, 2.75) is 24.4 Å². The van der Waals surface area contributed by atoms with Crippen LogP contribution in [0.4, 0.5) is 11.4 Å². The molecular weight excluding hydrogens is 447 g/mol. The summed E-state index contributed by atoms with van der Waals surface area (Å²) in [6.07, 6.45) is 0. The molecule has 27 heavy (non-hydrogen) atoms. The molecule has 0 aliphatic carbocycles. The fourth-order valence-corrected chi connectivity index (χ4v) is 4.50. The predicted octanol–water partition coefficient (Wildman–Crippen LogP) is 4.00. The third-order valence-electron chi connectivity index (χ3n) is 4.82. The number of hydrogen-bond donors (Lipinski definition) is 4. The van der Waals surface area contributed by atoms with Gasteiger partial charge in [0.25, 0.3) is 0 Å². The van der Waals surface area contributed by atoms with Crippen LogP contribution in [0.2, 0.25) is 0 Å². The van der Waals surface area contributed by atoms with Crippen LogP contribution in [0.15, 0.2) is 72.8 Å². The maximum Gasteiger partial charge on any atom is 0.0687 e. The predicted molar refractivity (Wildman–Crippen MR) is 122 cm³/mol. The van der Waals surface area contributed by atoms with Crippen molar-refractivity contribution in [2.24, 2.45) is 11.5 Å². The third kappa shape index (κ3) is 4.43. The van der Waals surface area contributed by atoms with Crippen LogP contribution < -0.4 is 22.9 Å². The second-order valence-corrected chi connectivity index (χ2v) is 8.34. The molecule has 5 heteroatoms. The maximum atomic E-state index is 6.52. The van der Waals surface area contributed by atoms with Gasteiger partial charge in [0, 0.05) is 26.8 Å². The molecule has 0 spiro atoms. The smallest absolute Gasteiger partial charge is 0.0687 e. The Morgan fingerprint density at radius 1 is 0.778 bits per heavy atom. The molecule has 0 amide bonds. The van der Waals surface area contributed by atoms with Crippen LogP contribution in [-0.4, -0.2) is 5.66 Å². The van der Waals surface area contributed by atoms with Crippen molar-refractivity contribution < 1.29 is 0 Å². The first-order valence-electron chi connectivity index (χ1n) is 8.80. The molecule has 4 nitrogen and oxygen atoms in total. The summed E-state index contributed by atoms with van der Waals surface area (Å²) in [6, 6.07) is 24.1. The quantitative estimate of drug-likeness (QED) is 0.256. The van der Waals surface area contributed by atoms with Crippen molar-refractivity contribution >= 4 is 34.0 Å². The molecule has 0 aromatic heterocycles. The van der Waals surface area contributed by atoms with E-state index in [9.17, 15) is 0 Å². The second-order valence-electron chi connectivity index (χ2n) is 7.18. The zero-order chi connectivity index (χ0) is 19.6. The van der Waals surface area contributed by atoms with E-state index in [1.54, 1.807) is 0 Å². The van der Waals surface area contributed by atoms with Crippen LogP contribution in [0.5, 0.6) is 0 Å². The number of benzene rings is 3. The standard InChI is InChI=1S/C22H25IN4/c1-22(26,27)21(15-5-3-2-4-6-15)20(14-7-9-16(24)10-8-14)18-12-11-17(25)13-19(18)23/h2-13,20-21H,24-27H2,1H3. The molecule has 0 aliphatic heterocycles. The molecule has 140 valence electrons. The van der Waals surface area contributed by atoms with Crippen LogP contribution in [0.25, 0.3) is 0 Å². The monoisotopic (exact) mass is 472 g/mol. The SMILES string of the molecule is CC(N)(N)C(c1ccccc1)C(c1ccc(N)cc1)c1ccc(N)cc1I. The summed E-state index contributed by atoms with van der Waals surface area (Å²) in [5, 5.41) is 0. The van der Waals surface area contributed by atoms with E-state index in [0.29, 0.717) is 0 Å². The molecule has 2 unspecified atom stereocenters. The minimum Gasteiger partial charge on any atom is -0.399 e. The number of rotatable bonds is 5. The van der Waals surface area contributed by atoms with Crippen LogP contribution in [0.3, 0.4) is 0 Å². The lowest BCUT2D eigenvalue weighted by molar-refractivity contribution is 0.359. The van der Waals surface area contributed by atoms with E-state index in [1.807, 2.05) is 61.5 Å². The van der Waals surface area contributed by atoms with Gasteiger partial charge in [0.2, 0.25) is 0 Å². The second kappa shape index (κ2) is 7.88. The van der Waals surface area contributed by atoms with Gasteiger partial charge in [-0.05, 0) is 70.5 Å². The van der Waals surface area contributed by atoms with Crippen LogP contribution in [-0.2, 0) is 0 Å². The number of hydrogen-bond acceptors (Lipinski definition) is 4. The van der Waals surface area contributed by atoms with Crippen molar-refractivity contribution in [3.63, 3.8) is 0 Å². The first-order chi connectivity index (χ1) is 12.8. The number of nitrogens with two attached hydrogens (primary N) is 4. The molecule has 3 aromatic rings. The van der Waals surface area contributed by atoms with Gasteiger partial charge in [-0.3, -0.25) is 0 Å². The van der Waals surface area contributed by atoms with Gasteiger partial charge in [0.05, 0.1) is 5.66 Å². The van der Waals surface area contributed by atoms with Gasteiger partial charge in [0.1, 0.15) is 0 Å². The highest BCUT2D eigenvalue weighted by Gasteiger charge is 2.37. The summed E-state index contributed by atoms with van der Waals surface area (Å²) in [6.45, 7) is 1.87. The Hall–Kier alpha value is -2.09. The number of anilines is 2. The van der Waals surface area contributed by atoms with Gasteiger partial charge in [-0.2, -0.15) is 0 Å². The Balaban J connectivity index is 2.25. The zero-order valence-electron chi connectivity index (χ0n) is 15.3. The van der Waals surface area contributed by atoms with E-state index in [1.165, 1.54) is 0 Å². The highest BCUT2D eigenvalue weighted by molar-refractivity contribution is 14.1. The minimum absolute atomic E-state index is 0.0412. The van der Waals surface area contributed by atoms with Crippen LogP contribution in [0.1, 0.15) is 35.4 Å². The summed E-state index contributed by atoms with van der Waals surface area (Å²) in [5.74, 6) is -0.181. The molecule has 3 aromatic carbocycles. The van der Waals surface area contributed by atoms with Gasteiger partial charge in [-0.1, -0.05) is 48.5 Å². The van der Waals surface area contributed by atoms with Gasteiger partial charge in [0.15, 0.2) is 0 Å². The van der Waals surface area contributed by atoms with E-state index < -0.39 is 5.66 Å². The normalized spacial score (nSPS) is 13.9. The van der Waals surface area contributed by atoms with Gasteiger partial charge >= 0.3 is 0 Å². The Bertz CT molecular complexity index is 902. The molecule has 0 radical (unpaired) electrons. The van der Waals surface area contributed by atoms with Gasteiger partial charge in [-0.25, -0.2) is 0 Å². The first-order valence-corrected chi connectivity index (χ1v) is 9.88. The molecular formula is C22H25IN4. The lowest BCUT2D eigenvalue weighted by Crippen LogP contribution is -2.53. The first kappa shape index (κ1) is 19.7. The molecule has 0 saturated heterocycles. The summed E-state index contributed by atoms with van der Waals surface area (Å²) in [5.41, 5.74) is 28.8. The highest BCUT2D eigenvalue weighted by Crippen LogP contribution is 2.44. The van der Waals surface area contributed by atoms with Gasteiger partial charge < -0.3 is 22.9 Å². The average molecular weight is 472 g/mol. The van der Waals surface area contributed by atoms with Gasteiger partial charge in [-0.15, -0.1) is 0 Å². The maximum absolute atomic E-state index is 6.52. The molecule has 0 heterocycles. The zero-order valence-corrected chi connectivity index (χ0v) is 17.4. The van der Waals surface area contributed by atoms with Crippen molar-refractivity contribution in [1.82, 2.24) is 0 Å². The van der Waals surface area contributed by atoms with E-state index in [4.69, 9.17) is 22.9 Å². The molecule has 0 bridgehead atoms. The van der Waals surface area contributed by atoms with Crippen molar-refractivity contribution in [3.05, 3.63) is 93.1 Å². The Labute approximate surface area is 174 Å². The molecule has 0 aliphatic rings. The molecule has 2 atom stereocenters. The lowest BCUT2D eigenvalue weighted by Gasteiger charge is -2.38. The van der Waals surface area contributed by atoms with Crippen molar-refractivity contribution in [3.8, 4) is 0 Å². The number of nitrogen functional groups attached to an aromatic ring is 2. The fourth-order valence-electron chi connectivity index (χ4n) is 3.62. The topological polar surface area (TPSA) is 104 Å². The van der Waals surface area contributed by atoms with Crippen LogP contribution >= 0.6 is 22.6 Å². The Morgan fingerprint density at radius 2 is 1.37 bits per heavy atom. The average Bonchev–Trinajstić information content (AvgIpc) is 2.61. The molecule has 8 N–H and O–H groups in total. The minimum atomic E-state index is -0.933. The summed E-state index contributed by atoms with van der Waals surface area (Å²) in [7, 11) is 0. The van der Waals surface area contributed by atoms with Crippen LogP contribution in [0, 0.1) is 3.57 Å². The molecule has 3 rings (SSSR count). The lowest BCUT2D eigenvalue weighted by atomic mass is 9.71. The summed E-state index contributed by atoms with van der Waals surface area (Å²) >= 11 is 2.33. The fraction of sp³-hybridized carbons (Fsp3) is 0.182. The van der Waals surface area contributed by atoms with Crippen molar-refractivity contribution in [1.29, 1.82) is 0 Å². The largest absolute Gasteiger partial charge is 0.399 e. The third-order valence-corrected chi connectivity index (χ3v) is 5.75. The molecule has 0 fully saturated rings. The molecule has 0 saturated carbocycles. The summed E-state index contributed by atoms with van der Waals surface area (Å²) in [4.78, 5) is 0. The van der Waals surface area contributed by atoms with E-state index in [0.717, 1.165) is 31.6 Å². The Morgan fingerprint density at radius 3 is 1.93 bits per heavy atom.